The zero-order chi connectivity index (χ0) is 15.8. The molecule has 0 aliphatic carbocycles. The van der Waals surface area contributed by atoms with Gasteiger partial charge in [-0.2, -0.15) is 0 Å². The average Bonchev–Trinajstić information content (AvgIpc) is 2.80. The first-order chi connectivity index (χ1) is 9.58. The van der Waals surface area contributed by atoms with E-state index < -0.39 is 15.6 Å². The van der Waals surface area contributed by atoms with Gasteiger partial charge in [-0.25, -0.2) is 17.9 Å². The first-order valence-electron chi connectivity index (χ1n) is 6.92. The van der Waals surface area contributed by atoms with Crippen LogP contribution in [0.4, 0.5) is 4.79 Å². The second-order valence-corrected chi connectivity index (χ2v) is 7.97. The second kappa shape index (κ2) is 5.54. The normalized spacial score (nSPS) is 26.4. The maximum absolute atomic E-state index is 12.0. The van der Waals surface area contributed by atoms with Gasteiger partial charge in [0.05, 0.1) is 6.26 Å². The van der Waals surface area contributed by atoms with Gasteiger partial charge in [0.1, 0.15) is 5.54 Å². The van der Waals surface area contributed by atoms with E-state index >= 15 is 0 Å². The molecule has 0 spiro atoms. The van der Waals surface area contributed by atoms with Gasteiger partial charge in [-0.1, -0.05) is 0 Å². The van der Waals surface area contributed by atoms with Gasteiger partial charge >= 0.3 is 6.03 Å². The molecule has 1 unspecified atom stereocenters. The summed E-state index contributed by atoms with van der Waals surface area (Å²) in [4.78, 5) is 27.0. The minimum Gasteiger partial charge on any atom is -0.324 e. The summed E-state index contributed by atoms with van der Waals surface area (Å²) in [6.45, 7) is 5.57. The number of amides is 3. The number of imide groups is 1. The van der Waals surface area contributed by atoms with Gasteiger partial charge in [0.25, 0.3) is 5.91 Å². The molecule has 0 aromatic carbocycles. The van der Waals surface area contributed by atoms with Crippen molar-refractivity contribution in [1.82, 2.24) is 19.8 Å². The zero-order valence-corrected chi connectivity index (χ0v) is 13.4. The van der Waals surface area contributed by atoms with E-state index in [0.717, 1.165) is 19.2 Å². The van der Waals surface area contributed by atoms with E-state index in [2.05, 4.69) is 14.9 Å². The maximum Gasteiger partial charge on any atom is 0.325 e. The molecule has 2 fully saturated rings. The maximum atomic E-state index is 12.0. The van der Waals surface area contributed by atoms with Crippen molar-refractivity contribution in [2.45, 2.75) is 31.8 Å². The standard InChI is InChI=1S/C12H22N4O4S/c1-12(2)10(17)16(11(18)13-12)7-6-15-5-4-9(8-15)14-21(3,19)20/h9,14H,4-8H2,1-3H3,(H,13,18). The summed E-state index contributed by atoms with van der Waals surface area (Å²) in [7, 11) is -3.20. The molecule has 2 saturated heterocycles. The first kappa shape index (κ1) is 16.2. The third kappa shape index (κ3) is 3.92. The molecule has 8 nitrogen and oxygen atoms in total. The minimum atomic E-state index is -3.20. The highest BCUT2D eigenvalue weighted by Crippen LogP contribution is 2.17. The molecular formula is C12H22N4O4S. The van der Waals surface area contributed by atoms with Crippen molar-refractivity contribution in [3.05, 3.63) is 0 Å². The van der Waals surface area contributed by atoms with Crippen molar-refractivity contribution in [2.24, 2.45) is 0 Å². The van der Waals surface area contributed by atoms with E-state index in [0.29, 0.717) is 19.6 Å². The highest BCUT2D eigenvalue weighted by Gasteiger charge is 2.44. The fourth-order valence-corrected chi connectivity index (χ4v) is 3.49. The van der Waals surface area contributed by atoms with Crippen molar-refractivity contribution in [1.29, 1.82) is 0 Å². The Kier molecular flexibility index (Phi) is 4.27. The zero-order valence-electron chi connectivity index (χ0n) is 12.5. The lowest BCUT2D eigenvalue weighted by molar-refractivity contribution is -0.130. The van der Waals surface area contributed by atoms with Gasteiger partial charge in [0.15, 0.2) is 0 Å². The largest absolute Gasteiger partial charge is 0.325 e. The van der Waals surface area contributed by atoms with Crippen LogP contribution in [0.5, 0.6) is 0 Å². The lowest BCUT2D eigenvalue weighted by Crippen LogP contribution is -2.42. The molecule has 3 amide bonds. The molecule has 0 aromatic rings. The summed E-state index contributed by atoms with van der Waals surface area (Å²) in [5, 5.41) is 2.64. The highest BCUT2D eigenvalue weighted by molar-refractivity contribution is 7.88. The van der Waals surface area contributed by atoms with Crippen molar-refractivity contribution < 1.29 is 18.0 Å². The van der Waals surface area contributed by atoms with Crippen molar-refractivity contribution in [3.8, 4) is 0 Å². The number of urea groups is 1. The molecule has 2 aliphatic rings. The number of carbonyl (C=O) groups is 2. The molecule has 0 bridgehead atoms. The number of likely N-dealkylation sites (tertiary alicyclic amines) is 1. The number of sulfonamides is 1. The van der Waals surface area contributed by atoms with Crippen LogP contribution in [0.3, 0.4) is 0 Å². The van der Waals surface area contributed by atoms with Crippen molar-refractivity contribution in [3.63, 3.8) is 0 Å². The first-order valence-corrected chi connectivity index (χ1v) is 8.81. The lowest BCUT2D eigenvalue weighted by atomic mass is 10.1. The van der Waals surface area contributed by atoms with Crippen molar-refractivity contribution >= 4 is 22.0 Å². The van der Waals surface area contributed by atoms with Crippen LogP contribution in [0.25, 0.3) is 0 Å². The van der Waals surface area contributed by atoms with Gasteiger partial charge in [0, 0.05) is 25.7 Å². The van der Waals surface area contributed by atoms with Gasteiger partial charge in [-0.3, -0.25) is 14.6 Å². The van der Waals surface area contributed by atoms with Crippen molar-refractivity contribution in [2.75, 3.05) is 32.4 Å². The molecule has 2 rings (SSSR count). The minimum absolute atomic E-state index is 0.0976. The van der Waals surface area contributed by atoms with Gasteiger partial charge in [-0.05, 0) is 26.8 Å². The van der Waals surface area contributed by atoms with Crippen LogP contribution in [0.15, 0.2) is 0 Å². The van der Waals surface area contributed by atoms with E-state index in [-0.39, 0.29) is 18.0 Å². The summed E-state index contributed by atoms with van der Waals surface area (Å²) in [5.74, 6) is -0.225. The van der Waals surface area contributed by atoms with E-state index in [1.165, 1.54) is 4.90 Å². The number of carbonyl (C=O) groups excluding carboxylic acids is 2. The second-order valence-electron chi connectivity index (χ2n) is 6.19. The summed E-state index contributed by atoms with van der Waals surface area (Å²) in [6, 6.07) is -0.463. The fourth-order valence-electron chi connectivity index (χ4n) is 2.70. The molecule has 2 heterocycles. The van der Waals surface area contributed by atoms with Crippen LogP contribution < -0.4 is 10.0 Å². The van der Waals surface area contributed by atoms with Crippen LogP contribution >= 0.6 is 0 Å². The molecule has 120 valence electrons. The predicted molar refractivity (Wildman–Crippen MR) is 77.1 cm³/mol. The topological polar surface area (TPSA) is 98.8 Å². The monoisotopic (exact) mass is 318 g/mol. The Morgan fingerprint density at radius 1 is 1.33 bits per heavy atom. The van der Waals surface area contributed by atoms with Gasteiger partial charge in [-0.15, -0.1) is 0 Å². The molecule has 1 atom stereocenters. The van der Waals surface area contributed by atoms with Crippen LogP contribution in [-0.2, 0) is 14.8 Å². The Morgan fingerprint density at radius 3 is 2.52 bits per heavy atom. The molecular weight excluding hydrogens is 296 g/mol. The Balaban J connectivity index is 1.83. The third-order valence-electron chi connectivity index (χ3n) is 3.74. The summed E-state index contributed by atoms with van der Waals surface area (Å²) in [6.07, 6.45) is 1.88. The number of nitrogens with one attached hydrogen (secondary N) is 2. The molecule has 0 radical (unpaired) electrons. The summed E-state index contributed by atoms with van der Waals surface area (Å²) >= 11 is 0. The number of nitrogens with zero attached hydrogens (tertiary/aromatic N) is 2. The molecule has 21 heavy (non-hydrogen) atoms. The Labute approximate surface area is 124 Å². The number of rotatable bonds is 5. The Hall–Kier alpha value is -1.19. The van der Waals surface area contributed by atoms with Crippen LogP contribution in [-0.4, -0.2) is 74.2 Å². The molecule has 0 saturated carbocycles. The smallest absolute Gasteiger partial charge is 0.324 e. The van der Waals surface area contributed by atoms with Crippen LogP contribution in [0.2, 0.25) is 0 Å². The molecule has 2 aliphatic heterocycles. The van der Waals surface area contributed by atoms with Crippen LogP contribution in [0.1, 0.15) is 20.3 Å². The van der Waals surface area contributed by atoms with E-state index in [9.17, 15) is 18.0 Å². The van der Waals surface area contributed by atoms with Crippen LogP contribution in [0, 0.1) is 0 Å². The molecule has 9 heteroatoms. The fraction of sp³-hybridized carbons (Fsp3) is 0.833. The number of hydrogen-bond donors (Lipinski definition) is 2. The summed E-state index contributed by atoms with van der Waals surface area (Å²) < 4.78 is 24.9. The lowest BCUT2D eigenvalue weighted by Gasteiger charge is -2.20. The Bertz CT molecular complexity index is 545. The molecule has 0 aromatic heterocycles. The summed E-state index contributed by atoms with van der Waals surface area (Å²) in [5.41, 5.74) is -0.845. The highest BCUT2D eigenvalue weighted by atomic mass is 32.2. The number of hydrogen-bond acceptors (Lipinski definition) is 5. The average molecular weight is 318 g/mol. The quantitative estimate of drug-likeness (QED) is 0.630. The van der Waals surface area contributed by atoms with Gasteiger partial charge in [0.2, 0.25) is 10.0 Å². The van der Waals surface area contributed by atoms with E-state index in [1.54, 1.807) is 13.8 Å². The van der Waals surface area contributed by atoms with E-state index in [4.69, 9.17) is 0 Å². The SMILES string of the molecule is CC1(C)NC(=O)N(CCN2CCC(NS(C)(=O)=O)C2)C1=O. The van der Waals surface area contributed by atoms with E-state index in [1.807, 2.05) is 0 Å². The molecule has 2 N–H and O–H groups in total. The Morgan fingerprint density at radius 2 is 2.00 bits per heavy atom. The predicted octanol–water partition coefficient (Wildman–Crippen LogP) is -1.06. The third-order valence-corrected chi connectivity index (χ3v) is 4.50. The van der Waals surface area contributed by atoms with Gasteiger partial charge < -0.3 is 5.32 Å².